The smallest absolute Gasteiger partial charge is 0.306 e. The van der Waals surface area contributed by atoms with E-state index in [9.17, 15) is 4.79 Å². The fraction of sp³-hybridized carbons (Fsp3) is 0.917. The first kappa shape index (κ1) is 10.0. The molecule has 0 spiro atoms. The zero-order valence-corrected chi connectivity index (χ0v) is 8.74. The van der Waals surface area contributed by atoms with Crippen LogP contribution in [0.4, 0.5) is 0 Å². The summed E-state index contributed by atoms with van der Waals surface area (Å²) in [7, 11) is 0. The van der Waals surface area contributed by atoms with Crippen LogP contribution in [0.15, 0.2) is 0 Å². The minimum absolute atomic E-state index is 0.0330. The molecule has 0 bridgehead atoms. The van der Waals surface area contributed by atoms with E-state index in [0.29, 0.717) is 0 Å². The van der Waals surface area contributed by atoms with Gasteiger partial charge in [0.25, 0.3) is 0 Å². The fourth-order valence-corrected chi connectivity index (χ4v) is 3.31. The van der Waals surface area contributed by atoms with Crippen LogP contribution in [-0.2, 0) is 4.79 Å². The lowest BCUT2D eigenvalue weighted by molar-refractivity contribution is -0.143. The Morgan fingerprint density at radius 3 is 2.21 bits per heavy atom. The van der Waals surface area contributed by atoms with E-state index in [4.69, 9.17) is 5.11 Å². The van der Waals surface area contributed by atoms with Gasteiger partial charge in [-0.15, -0.1) is 0 Å². The van der Waals surface area contributed by atoms with Gasteiger partial charge < -0.3 is 5.11 Å². The molecule has 2 unspecified atom stereocenters. The number of rotatable bonds is 2. The second-order valence-electron chi connectivity index (χ2n) is 5.01. The monoisotopic (exact) mass is 196 g/mol. The van der Waals surface area contributed by atoms with Crippen molar-refractivity contribution in [1.29, 1.82) is 0 Å². The van der Waals surface area contributed by atoms with Crippen molar-refractivity contribution in [2.75, 3.05) is 0 Å². The molecule has 0 aromatic heterocycles. The molecule has 2 aliphatic rings. The van der Waals surface area contributed by atoms with Crippen LogP contribution in [0.2, 0.25) is 0 Å². The van der Waals surface area contributed by atoms with E-state index in [0.717, 1.165) is 31.1 Å². The van der Waals surface area contributed by atoms with Gasteiger partial charge in [0, 0.05) is 0 Å². The summed E-state index contributed by atoms with van der Waals surface area (Å²) in [5.41, 5.74) is 0. The zero-order chi connectivity index (χ0) is 9.97. The molecule has 2 saturated carbocycles. The summed E-state index contributed by atoms with van der Waals surface area (Å²) in [5.74, 6) is 0.992. The molecular formula is C12H20O2. The highest BCUT2D eigenvalue weighted by atomic mass is 16.4. The second-order valence-corrected chi connectivity index (χ2v) is 5.01. The number of carboxylic acids is 1. The first-order valence-corrected chi connectivity index (χ1v) is 6.00. The number of carboxylic acid groups (broad SMARTS) is 1. The van der Waals surface area contributed by atoms with Crippen LogP contribution in [0.1, 0.15) is 51.4 Å². The maximum Gasteiger partial charge on any atom is 0.306 e. The Morgan fingerprint density at radius 2 is 1.57 bits per heavy atom. The van der Waals surface area contributed by atoms with Gasteiger partial charge in [0.05, 0.1) is 5.92 Å². The third kappa shape index (κ3) is 2.10. The second kappa shape index (κ2) is 4.33. The van der Waals surface area contributed by atoms with Crippen LogP contribution >= 0.6 is 0 Å². The van der Waals surface area contributed by atoms with Crippen molar-refractivity contribution in [3.63, 3.8) is 0 Å². The Morgan fingerprint density at radius 1 is 0.929 bits per heavy atom. The van der Waals surface area contributed by atoms with Crippen molar-refractivity contribution in [3.8, 4) is 0 Å². The summed E-state index contributed by atoms with van der Waals surface area (Å²) < 4.78 is 0. The van der Waals surface area contributed by atoms with Crippen molar-refractivity contribution in [1.82, 2.24) is 0 Å². The molecule has 0 amide bonds. The van der Waals surface area contributed by atoms with Gasteiger partial charge in [0.15, 0.2) is 0 Å². The maximum absolute atomic E-state index is 10.9. The highest BCUT2D eigenvalue weighted by Gasteiger charge is 2.32. The molecule has 2 heteroatoms. The average molecular weight is 196 g/mol. The zero-order valence-electron chi connectivity index (χ0n) is 8.74. The third-order valence-electron chi connectivity index (χ3n) is 4.13. The van der Waals surface area contributed by atoms with E-state index in [2.05, 4.69) is 0 Å². The van der Waals surface area contributed by atoms with E-state index in [-0.39, 0.29) is 5.92 Å². The molecule has 0 aromatic carbocycles. The van der Waals surface area contributed by atoms with Gasteiger partial charge in [-0.1, -0.05) is 38.5 Å². The molecule has 80 valence electrons. The highest BCUT2D eigenvalue weighted by Crippen LogP contribution is 2.41. The van der Waals surface area contributed by atoms with E-state index in [1.807, 2.05) is 0 Å². The third-order valence-corrected chi connectivity index (χ3v) is 4.13. The predicted octanol–water partition coefficient (Wildman–Crippen LogP) is 3.07. The maximum atomic E-state index is 10.9. The van der Waals surface area contributed by atoms with Gasteiger partial charge in [-0.3, -0.25) is 4.79 Å². The SMILES string of the molecule is O=C(O)C1CCCC(C2CCCC2)C1. The fourth-order valence-electron chi connectivity index (χ4n) is 3.31. The topological polar surface area (TPSA) is 37.3 Å². The number of aliphatic carboxylic acids is 1. The lowest BCUT2D eigenvalue weighted by Crippen LogP contribution is -2.26. The Bertz CT molecular complexity index is 206. The first-order valence-electron chi connectivity index (χ1n) is 6.00. The number of carbonyl (C=O) groups is 1. The van der Waals surface area contributed by atoms with Gasteiger partial charge in [-0.2, -0.15) is 0 Å². The molecule has 2 rings (SSSR count). The van der Waals surface area contributed by atoms with Gasteiger partial charge >= 0.3 is 5.97 Å². The van der Waals surface area contributed by atoms with Crippen LogP contribution in [0.3, 0.4) is 0 Å². The van der Waals surface area contributed by atoms with Crippen LogP contribution < -0.4 is 0 Å². The van der Waals surface area contributed by atoms with Crippen molar-refractivity contribution in [2.24, 2.45) is 17.8 Å². The van der Waals surface area contributed by atoms with E-state index < -0.39 is 5.97 Å². The van der Waals surface area contributed by atoms with Gasteiger partial charge in [0.1, 0.15) is 0 Å². The normalized spacial score (nSPS) is 34.6. The quantitative estimate of drug-likeness (QED) is 0.737. The lowest BCUT2D eigenvalue weighted by atomic mass is 9.74. The predicted molar refractivity (Wildman–Crippen MR) is 55.0 cm³/mol. The molecular weight excluding hydrogens is 176 g/mol. The van der Waals surface area contributed by atoms with E-state index in [1.54, 1.807) is 0 Å². The number of hydrogen-bond acceptors (Lipinski definition) is 1. The standard InChI is InChI=1S/C12H20O2/c13-12(14)11-7-3-6-10(8-11)9-4-1-2-5-9/h9-11H,1-8H2,(H,13,14). The van der Waals surface area contributed by atoms with Gasteiger partial charge in [-0.25, -0.2) is 0 Å². The van der Waals surface area contributed by atoms with Crippen molar-refractivity contribution in [2.45, 2.75) is 51.4 Å². The summed E-state index contributed by atoms with van der Waals surface area (Å²) >= 11 is 0. The summed E-state index contributed by atoms with van der Waals surface area (Å²) in [5, 5.41) is 9.00. The van der Waals surface area contributed by atoms with Gasteiger partial charge in [0.2, 0.25) is 0 Å². The lowest BCUT2D eigenvalue weighted by Gasteiger charge is -2.30. The van der Waals surface area contributed by atoms with Gasteiger partial charge in [-0.05, 0) is 24.7 Å². The molecule has 2 nitrogen and oxygen atoms in total. The van der Waals surface area contributed by atoms with Crippen LogP contribution in [0, 0.1) is 17.8 Å². The molecule has 0 aliphatic heterocycles. The van der Waals surface area contributed by atoms with Crippen molar-refractivity contribution < 1.29 is 9.90 Å². The summed E-state index contributed by atoms with van der Waals surface area (Å²) in [4.78, 5) is 10.9. The van der Waals surface area contributed by atoms with Crippen LogP contribution in [0.5, 0.6) is 0 Å². The Labute approximate surface area is 85.7 Å². The van der Waals surface area contributed by atoms with Crippen molar-refractivity contribution in [3.05, 3.63) is 0 Å². The average Bonchev–Trinajstić information content (AvgIpc) is 2.71. The molecule has 14 heavy (non-hydrogen) atoms. The molecule has 2 aliphatic carbocycles. The first-order chi connectivity index (χ1) is 6.77. The minimum Gasteiger partial charge on any atom is -0.481 e. The molecule has 0 radical (unpaired) electrons. The molecule has 0 saturated heterocycles. The molecule has 0 aromatic rings. The minimum atomic E-state index is -0.562. The summed E-state index contributed by atoms with van der Waals surface area (Å²) in [6.45, 7) is 0. The molecule has 2 fully saturated rings. The largest absolute Gasteiger partial charge is 0.481 e. The Balaban J connectivity index is 1.89. The van der Waals surface area contributed by atoms with E-state index in [1.165, 1.54) is 32.1 Å². The summed E-state index contributed by atoms with van der Waals surface area (Å²) in [6.07, 6.45) is 9.76. The van der Waals surface area contributed by atoms with Crippen molar-refractivity contribution >= 4 is 5.97 Å². The molecule has 1 N–H and O–H groups in total. The highest BCUT2D eigenvalue weighted by molar-refractivity contribution is 5.70. The van der Waals surface area contributed by atoms with E-state index >= 15 is 0 Å². The Hall–Kier alpha value is -0.530. The number of hydrogen-bond donors (Lipinski definition) is 1. The molecule has 2 atom stereocenters. The molecule has 0 heterocycles. The Kier molecular flexibility index (Phi) is 3.09. The van der Waals surface area contributed by atoms with Crippen LogP contribution in [0.25, 0.3) is 0 Å². The van der Waals surface area contributed by atoms with Crippen LogP contribution in [-0.4, -0.2) is 11.1 Å². The summed E-state index contributed by atoms with van der Waals surface area (Å²) in [6, 6.07) is 0.